The van der Waals surface area contributed by atoms with E-state index in [9.17, 15) is 8.42 Å². The Balaban J connectivity index is 4.14. The van der Waals surface area contributed by atoms with Gasteiger partial charge in [0.2, 0.25) is 0 Å². The van der Waals surface area contributed by atoms with E-state index in [1.165, 1.54) is 6.26 Å². The van der Waals surface area contributed by atoms with Crippen molar-refractivity contribution >= 4 is 9.84 Å². The van der Waals surface area contributed by atoms with Crippen molar-refractivity contribution in [3.05, 3.63) is 0 Å². The topological polar surface area (TPSA) is 46.2 Å². The smallest absolute Gasteiger partial charge is 0.149 e. The molecule has 0 saturated heterocycles. The van der Waals surface area contributed by atoms with E-state index in [0.29, 0.717) is 6.42 Å². The summed E-state index contributed by atoms with van der Waals surface area (Å²) in [6, 6.07) is -0.0302. The predicted octanol–water partition coefficient (Wildman–Crippen LogP) is 0.813. The Labute approximate surface area is 87.2 Å². The van der Waals surface area contributed by atoms with Crippen LogP contribution in [0.4, 0.5) is 0 Å². The first kappa shape index (κ1) is 13.5. The fraction of sp³-hybridized carbons (Fsp3) is 0.800. The summed E-state index contributed by atoms with van der Waals surface area (Å²) in [5.74, 6) is 5.85. The molecule has 0 aliphatic carbocycles. The molecule has 4 heteroatoms. The summed E-state index contributed by atoms with van der Waals surface area (Å²) in [6.07, 6.45) is 2.86. The zero-order valence-corrected chi connectivity index (χ0v) is 9.95. The summed E-state index contributed by atoms with van der Waals surface area (Å²) >= 11 is 0. The lowest BCUT2D eigenvalue weighted by Gasteiger charge is -2.14. The van der Waals surface area contributed by atoms with Gasteiger partial charge in [0.1, 0.15) is 9.84 Å². The molecule has 1 unspecified atom stereocenters. The molecule has 0 heterocycles. The van der Waals surface area contributed by atoms with Crippen molar-refractivity contribution in [3.8, 4) is 11.8 Å². The quantitative estimate of drug-likeness (QED) is 0.670. The van der Waals surface area contributed by atoms with Crippen molar-refractivity contribution in [2.75, 3.05) is 18.6 Å². The van der Waals surface area contributed by atoms with Crippen LogP contribution < -0.4 is 5.32 Å². The average Bonchev–Trinajstić information content (AvgIpc) is 2.07. The van der Waals surface area contributed by atoms with Gasteiger partial charge in [0.05, 0.1) is 5.75 Å². The summed E-state index contributed by atoms with van der Waals surface area (Å²) in [6.45, 7) is 4.65. The maximum atomic E-state index is 11.1. The third-order valence-electron chi connectivity index (χ3n) is 1.71. The second-order valence-electron chi connectivity index (χ2n) is 3.37. The van der Waals surface area contributed by atoms with E-state index in [1.54, 1.807) is 6.92 Å². The number of sulfone groups is 1. The summed E-state index contributed by atoms with van der Waals surface area (Å²) in [4.78, 5) is 0. The van der Waals surface area contributed by atoms with Gasteiger partial charge in [0, 0.05) is 18.7 Å². The number of hydrogen-bond acceptors (Lipinski definition) is 3. The summed E-state index contributed by atoms with van der Waals surface area (Å²) in [5, 5.41) is 3.18. The molecule has 0 rings (SSSR count). The molecule has 0 spiro atoms. The number of hydrogen-bond donors (Lipinski definition) is 1. The molecule has 0 bridgehead atoms. The van der Waals surface area contributed by atoms with Crippen molar-refractivity contribution in [2.45, 2.75) is 32.7 Å². The lowest BCUT2D eigenvalue weighted by molar-refractivity contribution is 0.540. The van der Waals surface area contributed by atoms with E-state index >= 15 is 0 Å². The summed E-state index contributed by atoms with van der Waals surface area (Å²) in [7, 11) is -2.91. The second kappa shape index (κ2) is 6.86. The molecule has 0 saturated carbocycles. The summed E-state index contributed by atoms with van der Waals surface area (Å²) < 4.78 is 22.2. The van der Waals surface area contributed by atoms with Gasteiger partial charge in [-0.1, -0.05) is 6.92 Å². The second-order valence-corrected chi connectivity index (χ2v) is 5.56. The van der Waals surface area contributed by atoms with Gasteiger partial charge in [0.25, 0.3) is 0 Å². The van der Waals surface area contributed by atoms with Gasteiger partial charge in [-0.3, -0.25) is 0 Å². The van der Waals surface area contributed by atoms with E-state index in [0.717, 1.165) is 13.0 Å². The molecule has 0 fully saturated rings. The van der Waals surface area contributed by atoms with Crippen LogP contribution in [0.1, 0.15) is 26.7 Å². The van der Waals surface area contributed by atoms with E-state index in [4.69, 9.17) is 0 Å². The fourth-order valence-corrected chi connectivity index (χ4v) is 2.10. The maximum absolute atomic E-state index is 11.1. The van der Waals surface area contributed by atoms with Crippen LogP contribution in [-0.2, 0) is 9.84 Å². The Kier molecular flexibility index (Phi) is 6.60. The van der Waals surface area contributed by atoms with Crippen LogP contribution in [0.15, 0.2) is 0 Å². The highest BCUT2D eigenvalue weighted by atomic mass is 32.2. The normalized spacial score (nSPS) is 13.1. The monoisotopic (exact) mass is 217 g/mol. The Morgan fingerprint density at radius 1 is 1.43 bits per heavy atom. The zero-order valence-electron chi connectivity index (χ0n) is 9.13. The molecular weight excluding hydrogens is 198 g/mol. The first-order chi connectivity index (χ1) is 6.49. The lowest BCUT2D eigenvalue weighted by Crippen LogP contribution is -2.35. The molecule has 0 aliphatic rings. The van der Waals surface area contributed by atoms with Gasteiger partial charge >= 0.3 is 0 Å². The van der Waals surface area contributed by atoms with Gasteiger partial charge in [-0.2, -0.15) is 0 Å². The van der Waals surface area contributed by atoms with Gasteiger partial charge in [0.15, 0.2) is 0 Å². The number of rotatable bonds is 6. The fourth-order valence-electron chi connectivity index (χ4n) is 1.13. The zero-order chi connectivity index (χ0) is 11.0. The van der Waals surface area contributed by atoms with Crippen molar-refractivity contribution in [3.63, 3.8) is 0 Å². The molecule has 82 valence electrons. The molecule has 14 heavy (non-hydrogen) atoms. The third kappa shape index (κ3) is 8.09. The van der Waals surface area contributed by atoms with E-state index in [2.05, 4.69) is 24.1 Å². The molecule has 0 aromatic rings. The highest BCUT2D eigenvalue weighted by molar-refractivity contribution is 7.90. The molecule has 0 radical (unpaired) electrons. The Morgan fingerprint density at radius 2 is 2.07 bits per heavy atom. The van der Waals surface area contributed by atoms with Crippen LogP contribution in [0.5, 0.6) is 0 Å². The third-order valence-corrected chi connectivity index (χ3v) is 2.72. The first-order valence-electron chi connectivity index (χ1n) is 4.80. The van der Waals surface area contributed by atoms with Gasteiger partial charge in [-0.05, 0) is 19.9 Å². The van der Waals surface area contributed by atoms with Crippen molar-refractivity contribution in [2.24, 2.45) is 0 Å². The Hall–Kier alpha value is -0.530. The minimum atomic E-state index is -2.91. The minimum absolute atomic E-state index is 0.0302. The minimum Gasteiger partial charge on any atom is -0.312 e. The van der Waals surface area contributed by atoms with Crippen LogP contribution in [-0.4, -0.2) is 33.0 Å². The van der Waals surface area contributed by atoms with Crippen LogP contribution in [0.25, 0.3) is 0 Å². The van der Waals surface area contributed by atoms with Gasteiger partial charge in [-0.15, -0.1) is 11.8 Å². The van der Waals surface area contributed by atoms with E-state index in [1.807, 2.05) is 0 Å². The summed E-state index contributed by atoms with van der Waals surface area (Å²) in [5.41, 5.74) is 0. The molecule has 3 nitrogen and oxygen atoms in total. The average molecular weight is 217 g/mol. The lowest BCUT2D eigenvalue weighted by atomic mass is 10.2. The molecule has 0 aromatic carbocycles. The largest absolute Gasteiger partial charge is 0.312 e. The van der Waals surface area contributed by atoms with Crippen LogP contribution in [0.2, 0.25) is 0 Å². The first-order valence-corrected chi connectivity index (χ1v) is 6.86. The van der Waals surface area contributed by atoms with E-state index in [-0.39, 0.29) is 11.8 Å². The van der Waals surface area contributed by atoms with Crippen molar-refractivity contribution in [1.29, 1.82) is 0 Å². The highest BCUT2D eigenvalue weighted by Gasteiger charge is 2.12. The highest BCUT2D eigenvalue weighted by Crippen LogP contribution is 1.96. The molecule has 0 aromatic heterocycles. The molecule has 0 aliphatic heterocycles. The van der Waals surface area contributed by atoms with Crippen LogP contribution in [0, 0.1) is 11.8 Å². The van der Waals surface area contributed by atoms with Crippen molar-refractivity contribution in [1.82, 2.24) is 5.32 Å². The molecule has 0 amide bonds. The molecule has 1 atom stereocenters. The van der Waals surface area contributed by atoms with Gasteiger partial charge < -0.3 is 5.32 Å². The number of nitrogens with one attached hydrogen (secondary N) is 1. The Morgan fingerprint density at radius 3 is 2.50 bits per heavy atom. The van der Waals surface area contributed by atoms with Crippen LogP contribution in [0.3, 0.4) is 0 Å². The predicted molar refractivity (Wildman–Crippen MR) is 59.9 cm³/mol. The standard InChI is InChI=1S/C10H19NO2S/c1-4-6-7-10(11-8-5-2)9-14(3,12)13/h10-11H,5,7-9H2,1-3H3. The molecule has 1 N–H and O–H groups in total. The van der Waals surface area contributed by atoms with Gasteiger partial charge in [-0.25, -0.2) is 8.42 Å². The SMILES string of the molecule is CC#CCC(CS(C)(=O)=O)NCCC. The molecular formula is C10H19NO2S. The van der Waals surface area contributed by atoms with Crippen LogP contribution >= 0.6 is 0 Å². The van der Waals surface area contributed by atoms with E-state index < -0.39 is 9.84 Å². The van der Waals surface area contributed by atoms with Crippen molar-refractivity contribution < 1.29 is 8.42 Å². The maximum Gasteiger partial charge on any atom is 0.149 e. The Bertz CT molecular complexity index is 298.